The lowest BCUT2D eigenvalue weighted by Crippen LogP contribution is -2.45. The summed E-state index contributed by atoms with van der Waals surface area (Å²) in [5.41, 5.74) is 0.997. The minimum atomic E-state index is -0.108. The largest absolute Gasteiger partial charge is 0.355 e. The molecule has 0 aromatic carbocycles. The van der Waals surface area contributed by atoms with Crippen LogP contribution in [-0.4, -0.2) is 39.6 Å². The molecule has 1 N–H and O–H groups in total. The minimum Gasteiger partial charge on any atom is -0.355 e. The Morgan fingerprint density at radius 1 is 1.42 bits per heavy atom. The highest BCUT2D eigenvalue weighted by molar-refractivity contribution is 6.33. The van der Waals surface area contributed by atoms with Crippen molar-refractivity contribution in [2.75, 3.05) is 18.0 Å². The van der Waals surface area contributed by atoms with Gasteiger partial charge in [-0.25, -0.2) is 9.97 Å². The third-order valence-corrected chi connectivity index (χ3v) is 4.41. The predicted molar refractivity (Wildman–Crippen MR) is 89.9 cm³/mol. The number of hydrogen-bond acceptors (Lipinski definition) is 5. The number of rotatable bonds is 3. The molecule has 124 valence electrons. The van der Waals surface area contributed by atoms with Crippen molar-refractivity contribution >= 4 is 23.3 Å². The van der Waals surface area contributed by atoms with Crippen LogP contribution >= 0.6 is 11.6 Å². The van der Waals surface area contributed by atoms with Crippen LogP contribution in [0.5, 0.6) is 0 Å². The van der Waals surface area contributed by atoms with Gasteiger partial charge in [0.1, 0.15) is 17.6 Å². The zero-order valence-corrected chi connectivity index (χ0v) is 14.0. The summed E-state index contributed by atoms with van der Waals surface area (Å²) in [4.78, 5) is 22.5. The van der Waals surface area contributed by atoms with Gasteiger partial charge < -0.3 is 14.8 Å². The van der Waals surface area contributed by atoms with E-state index in [1.54, 1.807) is 30.2 Å². The molecule has 0 unspecified atom stereocenters. The number of aryl methyl sites for hydroxylation is 1. The minimum absolute atomic E-state index is 0.108. The molecule has 8 heteroatoms. The van der Waals surface area contributed by atoms with Crippen molar-refractivity contribution < 1.29 is 4.79 Å². The molecule has 2 aromatic heterocycles. The first-order valence-corrected chi connectivity index (χ1v) is 8.04. The van der Waals surface area contributed by atoms with Gasteiger partial charge in [-0.15, -0.1) is 0 Å². The third-order valence-electron chi connectivity index (χ3n) is 4.13. The molecule has 24 heavy (non-hydrogen) atoms. The zero-order chi connectivity index (χ0) is 17.1. The van der Waals surface area contributed by atoms with Crippen molar-refractivity contribution in [3.63, 3.8) is 0 Å². The monoisotopic (exact) mass is 344 g/mol. The lowest BCUT2D eigenvalue weighted by Gasteiger charge is -2.33. The van der Waals surface area contributed by atoms with E-state index in [0.717, 1.165) is 25.9 Å². The molecule has 1 aliphatic heterocycles. The van der Waals surface area contributed by atoms with E-state index < -0.39 is 0 Å². The number of aromatic nitrogens is 3. The summed E-state index contributed by atoms with van der Waals surface area (Å²) >= 11 is 6.21. The normalized spacial score (nSPS) is 15.1. The van der Waals surface area contributed by atoms with Crippen LogP contribution in [0.15, 0.2) is 24.8 Å². The maximum absolute atomic E-state index is 12.2. The molecule has 0 radical (unpaired) electrons. The Labute approximate surface area is 144 Å². The first-order chi connectivity index (χ1) is 11.6. The SMILES string of the molecule is Cn1cncc1C(=O)NC1CCN(c2ncc(C#N)cc2Cl)CC1. The molecular weight excluding hydrogens is 328 g/mol. The maximum atomic E-state index is 12.2. The van der Waals surface area contributed by atoms with Gasteiger partial charge in [-0.2, -0.15) is 5.26 Å². The second-order valence-corrected chi connectivity index (χ2v) is 6.17. The molecule has 0 spiro atoms. The third kappa shape index (κ3) is 3.34. The summed E-state index contributed by atoms with van der Waals surface area (Å²) in [7, 11) is 1.79. The van der Waals surface area contributed by atoms with Crippen LogP contribution in [0.4, 0.5) is 5.82 Å². The highest BCUT2D eigenvalue weighted by atomic mass is 35.5. The fourth-order valence-corrected chi connectivity index (χ4v) is 3.08. The van der Waals surface area contributed by atoms with Crippen molar-refractivity contribution in [2.45, 2.75) is 18.9 Å². The van der Waals surface area contributed by atoms with Gasteiger partial charge in [0.05, 0.1) is 23.1 Å². The van der Waals surface area contributed by atoms with Crippen LogP contribution in [0.25, 0.3) is 0 Å². The standard InChI is InChI=1S/C16H17ClN6O/c1-22-10-19-9-14(22)16(24)21-12-2-4-23(5-3-12)15-13(17)6-11(7-18)8-20-15/h6,8-10,12H,2-5H2,1H3,(H,21,24). The molecule has 1 fully saturated rings. The Morgan fingerprint density at radius 3 is 2.75 bits per heavy atom. The molecule has 1 saturated heterocycles. The van der Waals surface area contributed by atoms with Gasteiger partial charge in [-0.05, 0) is 18.9 Å². The summed E-state index contributed by atoms with van der Waals surface area (Å²) in [6.07, 6.45) is 6.31. The van der Waals surface area contributed by atoms with E-state index in [2.05, 4.69) is 20.2 Å². The number of nitriles is 1. The van der Waals surface area contributed by atoms with E-state index in [9.17, 15) is 4.79 Å². The molecule has 7 nitrogen and oxygen atoms in total. The van der Waals surface area contributed by atoms with E-state index in [-0.39, 0.29) is 11.9 Å². The van der Waals surface area contributed by atoms with Crippen molar-refractivity contribution in [2.24, 2.45) is 7.05 Å². The number of piperidine rings is 1. The molecular formula is C16H17ClN6O. The highest BCUT2D eigenvalue weighted by Gasteiger charge is 2.24. The van der Waals surface area contributed by atoms with Gasteiger partial charge in [-0.1, -0.05) is 11.6 Å². The number of amides is 1. The van der Waals surface area contributed by atoms with Gasteiger partial charge >= 0.3 is 0 Å². The topological polar surface area (TPSA) is 86.8 Å². The number of carbonyl (C=O) groups excluding carboxylic acids is 1. The van der Waals surface area contributed by atoms with Crippen molar-refractivity contribution in [3.8, 4) is 6.07 Å². The average Bonchev–Trinajstić information content (AvgIpc) is 3.02. The number of imidazole rings is 1. The smallest absolute Gasteiger partial charge is 0.269 e. The fraction of sp³-hybridized carbons (Fsp3) is 0.375. The molecule has 1 amide bonds. The fourth-order valence-electron chi connectivity index (χ4n) is 2.80. The number of anilines is 1. The molecule has 0 aliphatic carbocycles. The summed E-state index contributed by atoms with van der Waals surface area (Å²) in [6.45, 7) is 1.49. The zero-order valence-electron chi connectivity index (χ0n) is 13.2. The van der Waals surface area contributed by atoms with Crippen LogP contribution in [-0.2, 0) is 7.05 Å². The molecule has 0 atom stereocenters. The van der Waals surface area contributed by atoms with Crippen molar-refractivity contribution in [1.29, 1.82) is 5.26 Å². The maximum Gasteiger partial charge on any atom is 0.269 e. The van der Waals surface area contributed by atoms with Crippen LogP contribution in [0.2, 0.25) is 5.02 Å². The predicted octanol–water partition coefficient (Wildman–Crippen LogP) is 1.74. The Bertz CT molecular complexity index is 788. The summed E-state index contributed by atoms with van der Waals surface area (Å²) in [5, 5.41) is 12.4. The molecule has 0 bridgehead atoms. The van der Waals surface area contributed by atoms with Gasteiger partial charge in [0.25, 0.3) is 5.91 Å². The van der Waals surface area contributed by atoms with Crippen molar-refractivity contribution in [1.82, 2.24) is 19.9 Å². The van der Waals surface area contributed by atoms with Crippen LogP contribution in [0, 0.1) is 11.3 Å². The summed E-state index contributed by atoms with van der Waals surface area (Å²) < 4.78 is 1.70. The van der Waals surface area contributed by atoms with Gasteiger partial charge in [0.2, 0.25) is 0 Å². The number of hydrogen-bond donors (Lipinski definition) is 1. The first-order valence-electron chi connectivity index (χ1n) is 7.66. The molecule has 0 saturated carbocycles. The van der Waals surface area contributed by atoms with Crippen LogP contribution < -0.4 is 10.2 Å². The van der Waals surface area contributed by atoms with Gasteiger partial charge in [0, 0.05) is 32.4 Å². The van der Waals surface area contributed by atoms with E-state index in [0.29, 0.717) is 22.1 Å². The lowest BCUT2D eigenvalue weighted by molar-refractivity contribution is 0.0923. The van der Waals surface area contributed by atoms with Crippen LogP contribution in [0.3, 0.4) is 0 Å². The molecule has 1 aliphatic rings. The molecule has 2 aromatic rings. The van der Waals surface area contributed by atoms with E-state index in [4.69, 9.17) is 16.9 Å². The van der Waals surface area contributed by atoms with Gasteiger partial charge in [-0.3, -0.25) is 4.79 Å². The highest BCUT2D eigenvalue weighted by Crippen LogP contribution is 2.26. The first kappa shape index (κ1) is 16.3. The molecule has 3 heterocycles. The number of carbonyl (C=O) groups is 1. The van der Waals surface area contributed by atoms with E-state index in [1.165, 1.54) is 6.20 Å². The Kier molecular flexibility index (Phi) is 4.67. The Hall–Kier alpha value is -2.59. The Balaban J connectivity index is 1.59. The number of halogens is 1. The van der Waals surface area contributed by atoms with Crippen LogP contribution in [0.1, 0.15) is 28.9 Å². The number of nitrogens with zero attached hydrogens (tertiary/aromatic N) is 5. The summed E-state index contributed by atoms with van der Waals surface area (Å²) in [6, 6.07) is 3.76. The molecule has 3 rings (SSSR count). The van der Waals surface area contributed by atoms with E-state index in [1.807, 2.05) is 6.07 Å². The summed E-state index contributed by atoms with van der Waals surface area (Å²) in [5.74, 6) is 0.579. The number of pyridine rings is 1. The number of nitrogens with one attached hydrogen (secondary N) is 1. The van der Waals surface area contributed by atoms with Crippen molar-refractivity contribution in [3.05, 3.63) is 41.1 Å². The van der Waals surface area contributed by atoms with Gasteiger partial charge in [0.15, 0.2) is 0 Å². The van der Waals surface area contributed by atoms with E-state index >= 15 is 0 Å². The Morgan fingerprint density at radius 2 is 2.17 bits per heavy atom. The second-order valence-electron chi connectivity index (χ2n) is 5.77. The second kappa shape index (κ2) is 6.89. The quantitative estimate of drug-likeness (QED) is 0.916. The average molecular weight is 345 g/mol. The lowest BCUT2D eigenvalue weighted by atomic mass is 10.0.